The molecule has 156 valence electrons. The zero-order valence-corrected chi connectivity index (χ0v) is 16.9. The molecule has 1 aliphatic rings. The van der Waals surface area contributed by atoms with E-state index in [9.17, 15) is 9.18 Å². The van der Waals surface area contributed by atoms with E-state index in [2.05, 4.69) is 10.1 Å². The first-order chi connectivity index (χ1) is 14.5. The number of hydrogen-bond donors (Lipinski definition) is 0. The van der Waals surface area contributed by atoms with Gasteiger partial charge < -0.3 is 14.2 Å². The van der Waals surface area contributed by atoms with Gasteiger partial charge in [0.1, 0.15) is 11.6 Å². The number of benzene rings is 2. The van der Waals surface area contributed by atoms with Gasteiger partial charge >= 0.3 is 0 Å². The van der Waals surface area contributed by atoms with Gasteiger partial charge in [-0.3, -0.25) is 4.79 Å². The summed E-state index contributed by atoms with van der Waals surface area (Å²) < 4.78 is 25.0. The molecule has 0 saturated carbocycles. The molecule has 2 aromatic carbocycles. The van der Waals surface area contributed by atoms with E-state index in [1.54, 1.807) is 23.1 Å². The maximum Gasteiger partial charge on any atom is 0.264 e. The van der Waals surface area contributed by atoms with E-state index in [-0.39, 0.29) is 24.8 Å². The molecular weight excluding hydrogens is 385 g/mol. The number of rotatable bonds is 6. The Bertz CT molecular complexity index is 1010. The van der Waals surface area contributed by atoms with E-state index in [1.807, 2.05) is 37.3 Å². The van der Waals surface area contributed by atoms with Crippen LogP contribution in [0, 0.1) is 5.82 Å². The second kappa shape index (κ2) is 8.65. The number of likely N-dealkylation sites (tertiary alicyclic amines) is 1. The minimum atomic E-state index is -0.419. The average molecular weight is 409 g/mol. The first kappa shape index (κ1) is 20.1. The summed E-state index contributed by atoms with van der Waals surface area (Å²) in [7, 11) is 0. The number of amides is 1. The summed E-state index contributed by atoms with van der Waals surface area (Å²) in [6.07, 6.45) is 1.71. The van der Waals surface area contributed by atoms with Gasteiger partial charge in [-0.15, -0.1) is 0 Å². The normalized spacial score (nSPS) is 18.9. The lowest BCUT2D eigenvalue weighted by molar-refractivity contribution is -0.132. The maximum absolute atomic E-state index is 13.9. The van der Waals surface area contributed by atoms with Gasteiger partial charge in [0, 0.05) is 18.5 Å². The molecule has 6 nitrogen and oxygen atoms in total. The number of carbonyl (C=O) groups excluding carboxylic acids is 1. The van der Waals surface area contributed by atoms with Crippen LogP contribution in [-0.2, 0) is 23.2 Å². The summed E-state index contributed by atoms with van der Waals surface area (Å²) in [5.41, 5.74) is -0.00726. The van der Waals surface area contributed by atoms with E-state index in [0.717, 1.165) is 18.6 Å². The number of carbonyl (C=O) groups is 1. The van der Waals surface area contributed by atoms with Crippen LogP contribution >= 0.6 is 0 Å². The molecule has 1 amide bonds. The Morgan fingerprint density at radius 2 is 1.97 bits per heavy atom. The van der Waals surface area contributed by atoms with Crippen LogP contribution in [-0.4, -0.2) is 34.0 Å². The monoisotopic (exact) mass is 409 g/mol. The predicted octanol–water partition coefficient (Wildman–Crippen LogP) is 3.91. The summed E-state index contributed by atoms with van der Waals surface area (Å²) in [5.74, 6) is 1.24. The highest BCUT2D eigenvalue weighted by molar-refractivity contribution is 5.79. The lowest BCUT2D eigenvalue weighted by Gasteiger charge is -2.38. The van der Waals surface area contributed by atoms with Crippen LogP contribution in [0.2, 0.25) is 0 Å². The Hall–Kier alpha value is -3.22. The molecule has 0 N–H and O–H groups in total. The summed E-state index contributed by atoms with van der Waals surface area (Å²) in [6, 6.07) is 15.8. The Kier molecular flexibility index (Phi) is 5.79. The van der Waals surface area contributed by atoms with Crippen molar-refractivity contribution in [2.45, 2.75) is 38.2 Å². The Morgan fingerprint density at radius 1 is 1.20 bits per heavy atom. The van der Waals surface area contributed by atoms with Crippen molar-refractivity contribution in [3.8, 4) is 5.75 Å². The molecule has 4 rings (SSSR count). The van der Waals surface area contributed by atoms with Crippen LogP contribution in [0.1, 0.15) is 37.0 Å². The molecule has 1 saturated heterocycles. The van der Waals surface area contributed by atoms with E-state index >= 15 is 0 Å². The van der Waals surface area contributed by atoms with Crippen LogP contribution in [0.3, 0.4) is 0 Å². The number of para-hydroxylation sites is 1. The van der Waals surface area contributed by atoms with Crippen LogP contribution in [0.25, 0.3) is 0 Å². The van der Waals surface area contributed by atoms with Crippen LogP contribution in [0.4, 0.5) is 4.39 Å². The van der Waals surface area contributed by atoms with E-state index < -0.39 is 5.41 Å². The van der Waals surface area contributed by atoms with Crippen molar-refractivity contribution in [3.63, 3.8) is 0 Å². The van der Waals surface area contributed by atoms with Gasteiger partial charge in [0.05, 0.1) is 6.42 Å². The van der Waals surface area contributed by atoms with Gasteiger partial charge in [-0.2, -0.15) is 4.98 Å². The molecule has 1 unspecified atom stereocenters. The van der Waals surface area contributed by atoms with Gasteiger partial charge in [0.2, 0.25) is 5.91 Å². The van der Waals surface area contributed by atoms with Gasteiger partial charge in [-0.1, -0.05) is 48.5 Å². The number of ether oxygens (including phenoxy) is 1. The third kappa shape index (κ3) is 4.50. The Labute approximate surface area is 174 Å². The number of piperidine rings is 1. The van der Waals surface area contributed by atoms with E-state index in [4.69, 9.17) is 9.26 Å². The fourth-order valence-electron chi connectivity index (χ4n) is 3.77. The highest BCUT2D eigenvalue weighted by Gasteiger charge is 2.38. The van der Waals surface area contributed by atoms with Crippen molar-refractivity contribution in [2.75, 3.05) is 13.1 Å². The summed E-state index contributed by atoms with van der Waals surface area (Å²) in [4.78, 5) is 19.1. The molecule has 1 aliphatic heterocycles. The number of nitrogens with zero attached hydrogens (tertiary/aromatic N) is 3. The zero-order chi connectivity index (χ0) is 21.0. The molecule has 1 atom stereocenters. The molecule has 1 fully saturated rings. The topological polar surface area (TPSA) is 68.5 Å². The van der Waals surface area contributed by atoms with Crippen molar-refractivity contribution >= 4 is 5.91 Å². The minimum absolute atomic E-state index is 0.0468. The van der Waals surface area contributed by atoms with Gasteiger partial charge in [-0.25, -0.2) is 4.39 Å². The van der Waals surface area contributed by atoms with Gasteiger partial charge in [-0.05, 0) is 36.6 Å². The van der Waals surface area contributed by atoms with Gasteiger partial charge in [0.25, 0.3) is 5.89 Å². The molecule has 0 spiro atoms. The second-order valence-electron chi connectivity index (χ2n) is 7.86. The Morgan fingerprint density at radius 3 is 2.77 bits per heavy atom. The van der Waals surface area contributed by atoms with Crippen LogP contribution in [0.5, 0.6) is 5.75 Å². The van der Waals surface area contributed by atoms with E-state index in [0.29, 0.717) is 30.4 Å². The lowest BCUT2D eigenvalue weighted by Crippen LogP contribution is -2.48. The molecule has 0 bridgehead atoms. The number of aromatic nitrogens is 2. The first-order valence-corrected chi connectivity index (χ1v) is 10.1. The molecular formula is C23H24FN3O3. The number of hydrogen-bond acceptors (Lipinski definition) is 5. The molecule has 7 heteroatoms. The van der Waals surface area contributed by atoms with Crippen molar-refractivity contribution in [2.24, 2.45) is 0 Å². The Balaban J connectivity index is 1.41. The van der Waals surface area contributed by atoms with Crippen molar-refractivity contribution < 1.29 is 18.4 Å². The lowest BCUT2D eigenvalue weighted by atomic mass is 9.81. The average Bonchev–Trinajstić information content (AvgIpc) is 3.25. The molecule has 2 heterocycles. The molecule has 30 heavy (non-hydrogen) atoms. The van der Waals surface area contributed by atoms with Gasteiger partial charge in [0.15, 0.2) is 12.4 Å². The fourth-order valence-corrected chi connectivity index (χ4v) is 3.77. The van der Waals surface area contributed by atoms with Crippen molar-refractivity contribution in [3.05, 3.63) is 77.7 Å². The zero-order valence-electron chi connectivity index (χ0n) is 16.9. The number of halogens is 1. The molecule has 3 aromatic rings. The third-order valence-corrected chi connectivity index (χ3v) is 5.46. The standard InChI is InChI=1S/C23H24FN3O3/c1-23(22-25-20(30-26-22)15-29-18-9-3-2-4-10-18)12-7-13-27(16-23)21(28)14-17-8-5-6-11-19(17)24/h2-6,8-11H,7,12-16H2,1H3. The SMILES string of the molecule is CC1(c2noc(COc3ccccc3)n2)CCCN(C(=O)Cc2ccccc2F)C1. The maximum atomic E-state index is 13.9. The molecule has 1 aromatic heterocycles. The third-order valence-electron chi connectivity index (χ3n) is 5.46. The molecule has 0 aliphatic carbocycles. The highest BCUT2D eigenvalue weighted by atomic mass is 19.1. The summed E-state index contributed by atoms with van der Waals surface area (Å²) >= 11 is 0. The second-order valence-corrected chi connectivity index (χ2v) is 7.86. The van der Waals surface area contributed by atoms with Crippen molar-refractivity contribution in [1.82, 2.24) is 15.0 Å². The fraction of sp³-hybridized carbons (Fsp3) is 0.348. The van der Waals surface area contributed by atoms with Crippen LogP contribution < -0.4 is 4.74 Å². The summed E-state index contributed by atoms with van der Waals surface area (Å²) in [5, 5.41) is 4.15. The largest absolute Gasteiger partial charge is 0.484 e. The smallest absolute Gasteiger partial charge is 0.264 e. The first-order valence-electron chi connectivity index (χ1n) is 10.1. The van der Waals surface area contributed by atoms with Crippen molar-refractivity contribution in [1.29, 1.82) is 0 Å². The minimum Gasteiger partial charge on any atom is -0.484 e. The quantitative estimate of drug-likeness (QED) is 0.617. The van der Waals surface area contributed by atoms with E-state index in [1.165, 1.54) is 6.07 Å². The summed E-state index contributed by atoms with van der Waals surface area (Å²) in [6.45, 7) is 3.33. The predicted molar refractivity (Wildman–Crippen MR) is 108 cm³/mol. The van der Waals surface area contributed by atoms with Crippen LogP contribution in [0.15, 0.2) is 59.1 Å². The highest BCUT2D eigenvalue weighted by Crippen LogP contribution is 2.32. The molecule has 0 radical (unpaired) electrons.